The van der Waals surface area contributed by atoms with Crippen LogP contribution in [-0.2, 0) is 17.9 Å². The van der Waals surface area contributed by atoms with Gasteiger partial charge in [0.15, 0.2) is 0 Å². The zero-order valence-electron chi connectivity index (χ0n) is 11.0. The summed E-state index contributed by atoms with van der Waals surface area (Å²) in [6, 6.07) is 9.19. The lowest BCUT2D eigenvalue weighted by molar-refractivity contribution is 0.185. The summed E-state index contributed by atoms with van der Waals surface area (Å²) in [6.07, 6.45) is 3.38. The van der Waals surface area contributed by atoms with Gasteiger partial charge in [-0.25, -0.2) is 0 Å². The fourth-order valence-corrected chi connectivity index (χ4v) is 2.20. The molecule has 0 heterocycles. The Labute approximate surface area is 109 Å². The molecule has 1 N–H and O–H groups in total. The van der Waals surface area contributed by atoms with E-state index in [2.05, 4.69) is 42.8 Å². The number of hydrogen-bond donors (Lipinski definition) is 1. The molecule has 0 radical (unpaired) electrons. The van der Waals surface area contributed by atoms with Crippen LogP contribution in [0, 0.1) is 0 Å². The molecule has 0 bridgehead atoms. The molecule has 0 aliphatic rings. The van der Waals surface area contributed by atoms with Gasteiger partial charge in [0, 0.05) is 19.7 Å². The highest BCUT2D eigenvalue weighted by molar-refractivity contribution is 7.98. The molecule has 1 unspecified atom stereocenters. The zero-order chi connectivity index (χ0) is 12.5. The molecule has 2 nitrogen and oxygen atoms in total. The summed E-state index contributed by atoms with van der Waals surface area (Å²) in [4.78, 5) is 0. The molecule has 0 aromatic heterocycles. The van der Waals surface area contributed by atoms with Crippen LogP contribution in [0.3, 0.4) is 0 Å². The Morgan fingerprint density at radius 3 is 2.47 bits per heavy atom. The molecule has 0 saturated heterocycles. The van der Waals surface area contributed by atoms with Gasteiger partial charge in [-0.3, -0.25) is 0 Å². The van der Waals surface area contributed by atoms with Gasteiger partial charge < -0.3 is 10.1 Å². The topological polar surface area (TPSA) is 21.3 Å². The number of benzene rings is 1. The van der Waals surface area contributed by atoms with Crippen LogP contribution in [-0.4, -0.2) is 25.2 Å². The highest BCUT2D eigenvalue weighted by Crippen LogP contribution is 2.06. The largest absolute Gasteiger partial charge is 0.380 e. The normalized spacial score (nSPS) is 12.6. The van der Waals surface area contributed by atoms with Crippen LogP contribution >= 0.6 is 11.8 Å². The fourth-order valence-electron chi connectivity index (χ4n) is 1.61. The van der Waals surface area contributed by atoms with Crippen LogP contribution in [0.15, 0.2) is 24.3 Å². The lowest BCUT2D eigenvalue weighted by Gasteiger charge is -2.13. The molecular formula is C14H23NOS. The van der Waals surface area contributed by atoms with E-state index in [1.54, 1.807) is 7.11 Å². The van der Waals surface area contributed by atoms with Crippen molar-refractivity contribution in [1.29, 1.82) is 0 Å². The molecule has 3 heteroatoms. The van der Waals surface area contributed by atoms with Gasteiger partial charge in [-0.05, 0) is 36.5 Å². The maximum atomic E-state index is 5.09. The van der Waals surface area contributed by atoms with E-state index in [1.807, 2.05) is 11.8 Å². The van der Waals surface area contributed by atoms with E-state index in [-0.39, 0.29) is 0 Å². The second-order valence-corrected chi connectivity index (χ2v) is 5.30. The Morgan fingerprint density at radius 2 is 1.88 bits per heavy atom. The van der Waals surface area contributed by atoms with Crippen molar-refractivity contribution in [3.8, 4) is 0 Å². The molecule has 96 valence electrons. The number of ether oxygens (including phenoxy) is 1. The molecule has 0 aliphatic heterocycles. The van der Waals surface area contributed by atoms with Crippen molar-refractivity contribution in [1.82, 2.24) is 5.32 Å². The number of thioether (sulfide) groups is 1. The minimum atomic E-state index is 0.584. The number of rotatable bonds is 8. The molecule has 1 aromatic rings. The van der Waals surface area contributed by atoms with Gasteiger partial charge in [0.05, 0.1) is 6.61 Å². The van der Waals surface area contributed by atoms with Crippen molar-refractivity contribution in [3.63, 3.8) is 0 Å². The van der Waals surface area contributed by atoms with Crippen molar-refractivity contribution >= 4 is 11.8 Å². The first-order valence-electron chi connectivity index (χ1n) is 6.05. The van der Waals surface area contributed by atoms with Gasteiger partial charge in [0.1, 0.15) is 0 Å². The molecule has 0 spiro atoms. The molecule has 0 saturated carbocycles. The van der Waals surface area contributed by atoms with Gasteiger partial charge in [0.2, 0.25) is 0 Å². The van der Waals surface area contributed by atoms with Crippen molar-refractivity contribution in [3.05, 3.63) is 35.4 Å². The zero-order valence-corrected chi connectivity index (χ0v) is 11.8. The fraction of sp³-hybridized carbons (Fsp3) is 0.571. The quantitative estimate of drug-likeness (QED) is 0.769. The third-order valence-electron chi connectivity index (χ3n) is 2.74. The van der Waals surface area contributed by atoms with Crippen LogP contribution in [0.25, 0.3) is 0 Å². The first-order valence-corrected chi connectivity index (χ1v) is 7.44. The van der Waals surface area contributed by atoms with Crippen LogP contribution in [0.1, 0.15) is 24.5 Å². The predicted octanol–water partition coefficient (Wildman–Crippen LogP) is 3.06. The van der Waals surface area contributed by atoms with Crippen LogP contribution < -0.4 is 5.32 Å². The van der Waals surface area contributed by atoms with Gasteiger partial charge in [0.25, 0.3) is 0 Å². The third kappa shape index (κ3) is 6.10. The van der Waals surface area contributed by atoms with Crippen LogP contribution in [0.4, 0.5) is 0 Å². The van der Waals surface area contributed by atoms with E-state index in [4.69, 9.17) is 4.74 Å². The van der Waals surface area contributed by atoms with Crippen LogP contribution in [0.2, 0.25) is 0 Å². The van der Waals surface area contributed by atoms with Crippen LogP contribution in [0.5, 0.6) is 0 Å². The van der Waals surface area contributed by atoms with E-state index in [9.17, 15) is 0 Å². The summed E-state index contributed by atoms with van der Waals surface area (Å²) >= 11 is 1.91. The maximum Gasteiger partial charge on any atom is 0.0713 e. The first kappa shape index (κ1) is 14.6. The smallest absolute Gasteiger partial charge is 0.0713 e. The predicted molar refractivity (Wildman–Crippen MR) is 76.5 cm³/mol. The first-order chi connectivity index (χ1) is 8.26. The van der Waals surface area contributed by atoms with E-state index in [1.165, 1.54) is 23.3 Å². The maximum absolute atomic E-state index is 5.09. The summed E-state index contributed by atoms with van der Waals surface area (Å²) < 4.78 is 5.09. The Morgan fingerprint density at radius 1 is 1.24 bits per heavy atom. The minimum absolute atomic E-state index is 0.584. The molecule has 0 fully saturated rings. The second-order valence-electron chi connectivity index (χ2n) is 4.31. The van der Waals surface area contributed by atoms with Crippen molar-refractivity contribution in [2.45, 2.75) is 32.5 Å². The molecule has 0 amide bonds. The molecular weight excluding hydrogens is 230 g/mol. The molecule has 1 rings (SSSR count). The average molecular weight is 253 g/mol. The van der Waals surface area contributed by atoms with E-state index in [0.717, 1.165) is 6.54 Å². The van der Waals surface area contributed by atoms with Gasteiger partial charge >= 0.3 is 0 Å². The van der Waals surface area contributed by atoms with Crippen molar-refractivity contribution in [2.75, 3.05) is 19.1 Å². The lowest BCUT2D eigenvalue weighted by atomic mass is 10.1. The second kappa shape index (κ2) is 8.56. The van der Waals surface area contributed by atoms with Gasteiger partial charge in [-0.15, -0.1) is 0 Å². The highest BCUT2D eigenvalue weighted by atomic mass is 32.2. The summed E-state index contributed by atoms with van der Waals surface area (Å²) in [7, 11) is 1.73. The molecule has 0 aliphatic carbocycles. The van der Waals surface area contributed by atoms with E-state index < -0.39 is 0 Å². The Kier molecular flexibility index (Phi) is 7.33. The SMILES string of the molecule is COCc1ccc(CNC(C)CCSC)cc1. The Hall–Kier alpha value is -0.510. The third-order valence-corrected chi connectivity index (χ3v) is 3.39. The van der Waals surface area contributed by atoms with Gasteiger partial charge in [-0.1, -0.05) is 24.3 Å². The Bertz CT molecular complexity index is 300. The monoisotopic (exact) mass is 253 g/mol. The summed E-state index contributed by atoms with van der Waals surface area (Å²) in [6.45, 7) is 3.89. The molecule has 1 atom stereocenters. The summed E-state index contributed by atoms with van der Waals surface area (Å²) in [5.41, 5.74) is 2.56. The molecule has 1 aromatic carbocycles. The van der Waals surface area contributed by atoms with E-state index >= 15 is 0 Å². The van der Waals surface area contributed by atoms with Crippen molar-refractivity contribution in [2.24, 2.45) is 0 Å². The number of nitrogens with one attached hydrogen (secondary N) is 1. The highest BCUT2D eigenvalue weighted by Gasteiger charge is 2.01. The van der Waals surface area contributed by atoms with Gasteiger partial charge in [-0.2, -0.15) is 11.8 Å². The number of methoxy groups -OCH3 is 1. The standard InChI is InChI=1S/C14H23NOS/c1-12(8-9-17-3)15-10-13-4-6-14(7-5-13)11-16-2/h4-7,12,15H,8-11H2,1-3H3. The summed E-state index contributed by atoms with van der Waals surface area (Å²) in [5.74, 6) is 1.22. The summed E-state index contributed by atoms with van der Waals surface area (Å²) in [5, 5.41) is 3.54. The molecule has 17 heavy (non-hydrogen) atoms. The number of hydrogen-bond acceptors (Lipinski definition) is 3. The Balaban J connectivity index is 2.31. The van der Waals surface area contributed by atoms with E-state index in [0.29, 0.717) is 12.6 Å². The lowest BCUT2D eigenvalue weighted by Crippen LogP contribution is -2.25. The minimum Gasteiger partial charge on any atom is -0.380 e. The average Bonchev–Trinajstić information content (AvgIpc) is 2.36. The van der Waals surface area contributed by atoms with Crippen molar-refractivity contribution < 1.29 is 4.74 Å².